The first kappa shape index (κ1) is 13.2. The molecule has 2 aromatic heterocycles. The summed E-state index contributed by atoms with van der Waals surface area (Å²) < 4.78 is 6.38. The Morgan fingerprint density at radius 3 is 3.00 bits per heavy atom. The third-order valence-corrected chi connectivity index (χ3v) is 5.27. The highest BCUT2D eigenvalue weighted by Crippen LogP contribution is 2.46. The molecule has 1 aliphatic carbocycles. The van der Waals surface area contributed by atoms with Gasteiger partial charge in [-0.25, -0.2) is 0 Å². The van der Waals surface area contributed by atoms with Crippen molar-refractivity contribution in [2.45, 2.75) is 24.5 Å². The first-order chi connectivity index (χ1) is 8.22. The number of nitrogens with two attached hydrogens (primary N) is 1. The fourth-order valence-electron chi connectivity index (χ4n) is 2.16. The van der Waals surface area contributed by atoms with E-state index < -0.39 is 0 Å². The zero-order chi connectivity index (χ0) is 12.0. The van der Waals surface area contributed by atoms with Crippen molar-refractivity contribution >= 4 is 29.0 Å². The van der Waals surface area contributed by atoms with Gasteiger partial charge in [-0.2, -0.15) is 0 Å². The number of nitrogens with zero attached hydrogens (tertiary/aromatic N) is 1. The number of fused-ring (bicyclic) bond motifs is 3. The van der Waals surface area contributed by atoms with Gasteiger partial charge in [-0.1, -0.05) is 12.6 Å². The van der Waals surface area contributed by atoms with Gasteiger partial charge >= 0.3 is 0 Å². The maximum absolute atomic E-state index is 11.4. The van der Waals surface area contributed by atoms with Gasteiger partial charge in [0, 0.05) is 11.1 Å². The lowest BCUT2D eigenvalue weighted by Gasteiger charge is -2.11. The van der Waals surface area contributed by atoms with Crippen molar-refractivity contribution in [3.8, 4) is 11.3 Å². The van der Waals surface area contributed by atoms with Crippen LogP contribution in [0.25, 0.3) is 11.3 Å². The molecule has 0 unspecified atom stereocenters. The van der Waals surface area contributed by atoms with Gasteiger partial charge in [-0.05, 0) is 24.7 Å². The third-order valence-electron chi connectivity index (χ3n) is 2.90. The Morgan fingerprint density at radius 2 is 2.33 bits per heavy atom. The van der Waals surface area contributed by atoms with E-state index >= 15 is 0 Å². The van der Waals surface area contributed by atoms with Crippen LogP contribution in [0.1, 0.15) is 28.2 Å². The highest BCUT2D eigenvalue weighted by Gasteiger charge is 2.29. The predicted molar refractivity (Wildman–Crippen MR) is 74.3 cm³/mol. The minimum absolute atomic E-state index is 0. The van der Waals surface area contributed by atoms with E-state index in [1.54, 1.807) is 18.0 Å². The number of carbonyl (C=O) groups is 1. The van der Waals surface area contributed by atoms with Crippen molar-refractivity contribution < 1.29 is 9.32 Å². The van der Waals surface area contributed by atoms with E-state index in [2.05, 4.69) is 5.16 Å². The highest BCUT2D eigenvalue weighted by atomic mass is 32.2. The molecule has 0 aliphatic heterocycles. The molecule has 2 heterocycles. The molecule has 1 amide bonds. The molecule has 0 saturated carbocycles. The number of rotatable bonds is 2. The Kier molecular flexibility index (Phi) is 3.49. The largest absolute Gasteiger partial charge is 0.365 e. The van der Waals surface area contributed by atoms with Crippen molar-refractivity contribution in [2.75, 3.05) is 6.26 Å². The summed E-state index contributed by atoms with van der Waals surface area (Å²) >= 11 is 3.06. The standard InChI is InChI=1S/C11H10N2O2S2.CH4/c1-16-11-7-6(9(17-11)10(12)14)3-2-5-4-13-15-8(5)7;/h4H,2-3H2,1H3,(H2,12,14);1H4. The summed E-state index contributed by atoms with van der Waals surface area (Å²) in [6, 6.07) is 0. The van der Waals surface area contributed by atoms with Crippen molar-refractivity contribution in [1.82, 2.24) is 5.16 Å². The number of thiophene rings is 1. The molecule has 3 rings (SSSR count). The highest BCUT2D eigenvalue weighted by molar-refractivity contribution is 8.00. The molecule has 4 nitrogen and oxygen atoms in total. The van der Waals surface area contributed by atoms with Gasteiger partial charge in [-0.15, -0.1) is 23.1 Å². The van der Waals surface area contributed by atoms with E-state index in [4.69, 9.17) is 10.3 Å². The van der Waals surface area contributed by atoms with Crippen molar-refractivity contribution in [1.29, 1.82) is 0 Å². The molecule has 0 aromatic carbocycles. The fourth-order valence-corrected chi connectivity index (χ4v) is 4.09. The van der Waals surface area contributed by atoms with Crippen LogP contribution < -0.4 is 5.73 Å². The van der Waals surface area contributed by atoms with E-state index in [1.807, 2.05) is 6.26 Å². The van der Waals surface area contributed by atoms with Crippen LogP contribution >= 0.6 is 23.1 Å². The summed E-state index contributed by atoms with van der Waals surface area (Å²) in [5, 5.41) is 3.84. The van der Waals surface area contributed by atoms with Crippen LogP contribution in [-0.2, 0) is 12.8 Å². The molecular weight excluding hydrogens is 268 g/mol. The molecule has 0 radical (unpaired) electrons. The number of primary amides is 1. The number of hydrogen-bond donors (Lipinski definition) is 1. The monoisotopic (exact) mass is 282 g/mol. The van der Waals surface area contributed by atoms with E-state index in [0.29, 0.717) is 4.88 Å². The smallest absolute Gasteiger partial charge is 0.259 e. The van der Waals surface area contributed by atoms with Crippen molar-refractivity contribution in [2.24, 2.45) is 5.73 Å². The quantitative estimate of drug-likeness (QED) is 0.860. The average molecular weight is 282 g/mol. The average Bonchev–Trinajstić information content (AvgIpc) is 2.91. The van der Waals surface area contributed by atoms with Crippen LogP contribution in [0.5, 0.6) is 0 Å². The van der Waals surface area contributed by atoms with E-state index in [1.165, 1.54) is 11.3 Å². The molecular formula is C12H14N2O2S2. The molecule has 96 valence electrons. The van der Waals surface area contributed by atoms with Crippen LogP contribution in [0.2, 0.25) is 0 Å². The lowest BCUT2D eigenvalue weighted by molar-refractivity contribution is 0.100. The zero-order valence-corrected chi connectivity index (χ0v) is 10.8. The van der Waals surface area contributed by atoms with Crippen LogP contribution in [0, 0.1) is 0 Å². The van der Waals surface area contributed by atoms with Gasteiger partial charge in [0.1, 0.15) is 0 Å². The SMILES string of the molecule is C.CSc1sc(C(N)=O)c2c1-c1oncc1CC2. The topological polar surface area (TPSA) is 69.1 Å². The van der Waals surface area contributed by atoms with E-state index in [9.17, 15) is 4.79 Å². The first-order valence-corrected chi connectivity index (χ1v) is 7.20. The molecule has 0 bridgehead atoms. The van der Waals surface area contributed by atoms with Crippen molar-refractivity contribution in [3.63, 3.8) is 0 Å². The Morgan fingerprint density at radius 1 is 1.56 bits per heavy atom. The van der Waals surface area contributed by atoms with Crippen LogP contribution in [0.15, 0.2) is 14.9 Å². The molecule has 2 aromatic rings. The summed E-state index contributed by atoms with van der Waals surface area (Å²) in [7, 11) is 0. The molecule has 0 fully saturated rings. The number of aryl methyl sites for hydroxylation is 1. The molecule has 1 aliphatic rings. The second kappa shape index (κ2) is 4.78. The second-order valence-electron chi connectivity index (χ2n) is 3.82. The van der Waals surface area contributed by atoms with Crippen molar-refractivity contribution in [3.05, 3.63) is 22.2 Å². The third kappa shape index (κ3) is 1.76. The van der Waals surface area contributed by atoms with Gasteiger partial charge < -0.3 is 10.3 Å². The summed E-state index contributed by atoms with van der Waals surface area (Å²) in [6.45, 7) is 0. The molecule has 0 spiro atoms. The normalized spacial score (nSPS) is 12.5. The van der Waals surface area contributed by atoms with Crippen LogP contribution in [-0.4, -0.2) is 17.3 Å². The maximum atomic E-state index is 11.4. The number of aromatic nitrogens is 1. The zero-order valence-electron chi connectivity index (χ0n) is 9.15. The number of hydrogen-bond acceptors (Lipinski definition) is 5. The van der Waals surface area contributed by atoms with Gasteiger partial charge in [0.25, 0.3) is 5.91 Å². The van der Waals surface area contributed by atoms with Crippen LogP contribution in [0.4, 0.5) is 0 Å². The van der Waals surface area contributed by atoms with Gasteiger partial charge in [0.2, 0.25) is 0 Å². The minimum Gasteiger partial charge on any atom is -0.365 e. The molecule has 2 N–H and O–H groups in total. The maximum Gasteiger partial charge on any atom is 0.259 e. The van der Waals surface area contributed by atoms with E-state index in [-0.39, 0.29) is 13.3 Å². The number of carbonyl (C=O) groups excluding carboxylic acids is 1. The summed E-state index contributed by atoms with van der Waals surface area (Å²) in [5.41, 5.74) is 8.58. The van der Waals surface area contributed by atoms with Gasteiger partial charge in [0.05, 0.1) is 15.3 Å². The van der Waals surface area contributed by atoms with Gasteiger partial charge in [-0.3, -0.25) is 4.79 Å². The molecule has 0 saturated heterocycles. The van der Waals surface area contributed by atoms with Gasteiger partial charge in [0.15, 0.2) is 5.76 Å². The first-order valence-electron chi connectivity index (χ1n) is 5.15. The molecule has 18 heavy (non-hydrogen) atoms. The molecule has 0 atom stereocenters. The second-order valence-corrected chi connectivity index (χ2v) is 5.92. The minimum atomic E-state index is -0.352. The Hall–Kier alpha value is -1.27. The Labute approximate surface area is 114 Å². The van der Waals surface area contributed by atoms with E-state index in [0.717, 1.165) is 39.5 Å². The Bertz CT molecular complexity index is 601. The molecule has 6 heteroatoms. The summed E-state index contributed by atoms with van der Waals surface area (Å²) in [4.78, 5) is 12.1. The lowest BCUT2D eigenvalue weighted by atomic mass is 9.93. The predicted octanol–water partition coefficient (Wildman–Crippen LogP) is 2.96. The fraction of sp³-hybridized carbons (Fsp3) is 0.333. The number of thioether (sulfide) groups is 1. The summed E-state index contributed by atoms with van der Waals surface area (Å²) in [5.74, 6) is 0.453. The number of amides is 1. The summed E-state index contributed by atoms with van der Waals surface area (Å²) in [6.07, 6.45) is 5.43. The van der Waals surface area contributed by atoms with Crippen LogP contribution in [0.3, 0.4) is 0 Å². The Balaban J connectivity index is 0.00000120. The lowest BCUT2D eigenvalue weighted by Crippen LogP contribution is -2.13.